The third-order valence-electron chi connectivity index (χ3n) is 4.22. The first-order chi connectivity index (χ1) is 8.50. The fraction of sp³-hybridized carbons (Fsp3) is 0.750. The summed E-state index contributed by atoms with van der Waals surface area (Å²) in [4.78, 5) is 0. The SMILES string of the molecule is Cc1cc2c(n1C(C)CCC(C)C)CCCC2O. The molecule has 102 valence electrons. The van der Waals surface area contributed by atoms with Crippen LogP contribution in [-0.2, 0) is 6.42 Å². The summed E-state index contributed by atoms with van der Waals surface area (Å²) in [6, 6.07) is 2.76. The smallest absolute Gasteiger partial charge is 0.0807 e. The highest BCUT2D eigenvalue weighted by Crippen LogP contribution is 2.35. The largest absolute Gasteiger partial charge is 0.388 e. The minimum absolute atomic E-state index is 0.231. The molecule has 0 fully saturated rings. The number of aliphatic hydroxyl groups excluding tert-OH is 1. The van der Waals surface area contributed by atoms with Crippen molar-refractivity contribution in [3.63, 3.8) is 0 Å². The lowest BCUT2D eigenvalue weighted by atomic mass is 9.94. The maximum atomic E-state index is 10.1. The molecule has 0 spiro atoms. The molecule has 1 heterocycles. The van der Waals surface area contributed by atoms with Crippen LogP contribution in [0.2, 0.25) is 0 Å². The Kier molecular flexibility index (Phi) is 4.16. The Bertz CT molecular complexity index is 405. The summed E-state index contributed by atoms with van der Waals surface area (Å²) in [5, 5.41) is 10.1. The lowest BCUT2D eigenvalue weighted by Gasteiger charge is -2.24. The molecule has 1 aliphatic carbocycles. The Morgan fingerprint density at radius 2 is 2.06 bits per heavy atom. The minimum Gasteiger partial charge on any atom is -0.388 e. The Hall–Kier alpha value is -0.760. The van der Waals surface area contributed by atoms with Crippen molar-refractivity contribution in [3.8, 4) is 0 Å². The second-order valence-electron chi connectivity index (χ2n) is 6.29. The summed E-state index contributed by atoms with van der Waals surface area (Å²) in [5.41, 5.74) is 3.90. The number of hydrogen-bond acceptors (Lipinski definition) is 1. The van der Waals surface area contributed by atoms with E-state index in [1.807, 2.05) is 0 Å². The van der Waals surface area contributed by atoms with E-state index in [1.165, 1.54) is 29.8 Å². The lowest BCUT2D eigenvalue weighted by molar-refractivity contribution is 0.155. The van der Waals surface area contributed by atoms with Crippen LogP contribution in [0.25, 0.3) is 0 Å². The van der Waals surface area contributed by atoms with Crippen molar-refractivity contribution >= 4 is 0 Å². The fourth-order valence-corrected chi connectivity index (χ4v) is 3.22. The molecule has 1 aromatic rings. The summed E-state index contributed by atoms with van der Waals surface area (Å²) in [6.07, 6.45) is 5.45. The first-order valence-corrected chi connectivity index (χ1v) is 7.39. The third-order valence-corrected chi connectivity index (χ3v) is 4.22. The highest BCUT2D eigenvalue weighted by atomic mass is 16.3. The van der Waals surface area contributed by atoms with E-state index < -0.39 is 0 Å². The molecule has 0 radical (unpaired) electrons. The second kappa shape index (κ2) is 5.48. The number of aliphatic hydroxyl groups is 1. The first-order valence-electron chi connectivity index (χ1n) is 7.39. The molecule has 2 nitrogen and oxygen atoms in total. The number of rotatable bonds is 4. The van der Waals surface area contributed by atoms with Crippen molar-refractivity contribution in [2.45, 2.75) is 71.9 Å². The van der Waals surface area contributed by atoms with Crippen LogP contribution in [0, 0.1) is 12.8 Å². The molecule has 2 atom stereocenters. The van der Waals surface area contributed by atoms with Crippen LogP contribution in [0.1, 0.15) is 75.6 Å². The van der Waals surface area contributed by atoms with Gasteiger partial charge in [-0.1, -0.05) is 13.8 Å². The van der Waals surface area contributed by atoms with Crippen molar-refractivity contribution in [2.75, 3.05) is 0 Å². The molecule has 1 aliphatic rings. The van der Waals surface area contributed by atoms with Crippen LogP contribution in [-0.4, -0.2) is 9.67 Å². The zero-order valence-electron chi connectivity index (χ0n) is 12.2. The van der Waals surface area contributed by atoms with Gasteiger partial charge in [-0.25, -0.2) is 0 Å². The van der Waals surface area contributed by atoms with Crippen molar-refractivity contribution in [1.82, 2.24) is 4.57 Å². The molecular formula is C16H27NO. The average molecular weight is 249 g/mol. The van der Waals surface area contributed by atoms with Crippen LogP contribution in [0.15, 0.2) is 6.07 Å². The summed E-state index contributed by atoms with van der Waals surface area (Å²) in [7, 11) is 0. The van der Waals surface area contributed by atoms with Crippen molar-refractivity contribution in [2.24, 2.45) is 5.92 Å². The lowest BCUT2D eigenvalue weighted by Crippen LogP contribution is -2.15. The minimum atomic E-state index is -0.231. The van der Waals surface area contributed by atoms with Crippen LogP contribution >= 0.6 is 0 Å². The standard InChI is InChI=1S/C16H27NO/c1-11(2)8-9-12(3)17-13(4)10-14-15(17)6-5-7-16(14)18/h10-12,16,18H,5-9H2,1-4H3. The van der Waals surface area contributed by atoms with E-state index in [0.29, 0.717) is 6.04 Å². The molecule has 0 aromatic carbocycles. The molecule has 2 rings (SSSR count). The summed E-state index contributed by atoms with van der Waals surface area (Å²) >= 11 is 0. The zero-order chi connectivity index (χ0) is 13.3. The van der Waals surface area contributed by atoms with Gasteiger partial charge in [-0.05, 0) is 57.9 Å². The normalized spacial score (nSPS) is 21.1. The van der Waals surface area contributed by atoms with Crippen molar-refractivity contribution in [3.05, 3.63) is 23.0 Å². The molecule has 1 N–H and O–H groups in total. The molecule has 0 aliphatic heterocycles. The first kappa shape index (κ1) is 13.7. The molecule has 1 aromatic heterocycles. The van der Waals surface area contributed by atoms with Crippen molar-refractivity contribution in [1.29, 1.82) is 0 Å². The van der Waals surface area contributed by atoms with E-state index in [0.717, 1.165) is 25.2 Å². The summed E-state index contributed by atoms with van der Waals surface area (Å²) < 4.78 is 2.47. The van der Waals surface area contributed by atoms with E-state index in [2.05, 4.69) is 38.3 Å². The van der Waals surface area contributed by atoms with E-state index in [-0.39, 0.29) is 6.10 Å². The van der Waals surface area contributed by atoms with Gasteiger partial charge in [0.15, 0.2) is 0 Å². The number of hydrogen-bond donors (Lipinski definition) is 1. The van der Waals surface area contributed by atoms with E-state index in [9.17, 15) is 5.11 Å². The Morgan fingerprint density at radius 3 is 2.72 bits per heavy atom. The zero-order valence-corrected chi connectivity index (χ0v) is 12.2. The topological polar surface area (TPSA) is 25.2 Å². The molecule has 18 heavy (non-hydrogen) atoms. The van der Waals surface area contributed by atoms with Crippen LogP contribution < -0.4 is 0 Å². The molecule has 0 saturated heterocycles. The molecule has 2 heteroatoms. The Balaban J connectivity index is 2.22. The van der Waals surface area contributed by atoms with E-state index >= 15 is 0 Å². The van der Waals surface area contributed by atoms with Crippen LogP contribution in [0.5, 0.6) is 0 Å². The van der Waals surface area contributed by atoms with Gasteiger partial charge in [0.2, 0.25) is 0 Å². The molecular weight excluding hydrogens is 222 g/mol. The average Bonchev–Trinajstić information content (AvgIpc) is 2.64. The fourth-order valence-electron chi connectivity index (χ4n) is 3.22. The highest BCUT2D eigenvalue weighted by molar-refractivity contribution is 5.32. The molecule has 0 amide bonds. The Morgan fingerprint density at radius 1 is 1.33 bits per heavy atom. The maximum Gasteiger partial charge on any atom is 0.0807 e. The monoisotopic (exact) mass is 249 g/mol. The van der Waals surface area contributed by atoms with Gasteiger partial charge in [0.25, 0.3) is 0 Å². The van der Waals surface area contributed by atoms with E-state index in [4.69, 9.17) is 0 Å². The Labute approximate surface area is 111 Å². The van der Waals surface area contributed by atoms with Crippen LogP contribution in [0.3, 0.4) is 0 Å². The van der Waals surface area contributed by atoms with Gasteiger partial charge in [0, 0.05) is 23.0 Å². The quantitative estimate of drug-likeness (QED) is 0.851. The predicted octanol–water partition coefficient (Wildman–Crippen LogP) is 4.16. The number of nitrogens with zero attached hydrogens (tertiary/aromatic N) is 1. The van der Waals surface area contributed by atoms with Gasteiger partial charge in [-0.15, -0.1) is 0 Å². The summed E-state index contributed by atoms with van der Waals surface area (Å²) in [6.45, 7) is 9.07. The maximum absolute atomic E-state index is 10.1. The van der Waals surface area contributed by atoms with Gasteiger partial charge in [0.1, 0.15) is 0 Å². The number of aromatic nitrogens is 1. The van der Waals surface area contributed by atoms with Gasteiger partial charge >= 0.3 is 0 Å². The number of aryl methyl sites for hydroxylation is 1. The summed E-state index contributed by atoms with van der Waals surface area (Å²) in [5.74, 6) is 0.768. The number of fused-ring (bicyclic) bond motifs is 1. The molecule has 0 saturated carbocycles. The highest BCUT2D eigenvalue weighted by Gasteiger charge is 2.24. The molecule has 0 bridgehead atoms. The molecule has 2 unspecified atom stereocenters. The van der Waals surface area contributed by atoms with Gasteiger partial charge in [-0.3, -0.25) is 0 Å². The van der Waals surface area contributed by atoms with Crippen LogP contribution in [0.4, 0.5) is 0 Å². The van der Waals surface area contributed by atoms with Gasteiger partial charge in [-0.2, -0.15) is 0 Å². The second-order valence-corrected chi connectivity index (χ2v) is 6.29. The van der Waals surface area contributed by atoms with E-state index in [1.54, 1.807) is 0 Å². The predicted molar refractivity (Wildman–Crippen MR) is 75.8 cm³/mol. The van der Waals surface area contributed by atoms with Crippen molar-refractivity contribution < 1.29 is 5.11 Å². The van der Waals surface area contributed by atoms with Gasteiger partial charge < -0.3 is 9.67 Å². The third kappa shape index (κ3) is 2.64. The van der Waals surface area contributed by atoms with Gasteiger partial charge in [0.05, 0.1) is 6.10 Å².